The standard InChI is InChI=1S/C22H23N5O2S/c28-20(15-26-12-9-17-4-1-2-5-18(17)26)25-10-7-16(8-11-25)14-19-23-24-22(29)27(19)21-6-3-13-30-21/h1-6,9,12-13,16H,7-8,10-11,14-15H2,(H,24,29). The third kappa shape index (κ3) is 3.59. The molecule has 0 atom stereocenters. The number of aromatic nitrogens is 4. The molecule has 0 spiro atoms. The van der Waals surface area contributed by atoms with Gasteiger partial charge >= 0.3 is 5.69 Å². The summed E-state index contributed by atoms with van der Waals surface area (Å²) in [4.78, 5) is 27.0. The second kappa shape index (κ2) is 7.95. The first-order chi connectivity index (χ1) is 14.7. The van der Waals surface area contributed by atoms with Gasteiger partial charge in [0.2, 0.25) is 5.91 Å². The topological polar surface area (TPSA) is 75.9 Å². The zero-order chi connectivity index (χ0) is 20.5. The van der Waals surface area contributed by atoms with Crippen LogP contribution in [0.25, 0.3) is 15.9 Å². The number of carbonyl (C=O) groups is 1. The number of hydrogen-bond donors (Lipinski definition) is 1. The Kier molecular flexibility index (Phi) is 5.00. The highest BCUT2D eigenvalue weighted by molar-refractivity contribution is 7.12. The number of amides is 1. The number of hydrogen-bond acceptors (Lipinski definition) is 4. The molecule has 0 bridgehead atoms. The lowest BCUT2D eigenvalue weighted by atomic mass is 9.93. The Hall–Kier alpha value is -3.13. The lowest BCUT2D eigenvalue weighted by molar-refractivity contribution is -0.133. The molecule has 1 aliphatic heterocycles. The number of benzene rings is 1. The molecular formula is C22H23N5O2S. The smallest absolute Gasteiger partial charge is 0.341 e. The average molecular weight is 422 g/mol. The van der Waals surface area contributed by atoms with Gasteiger partial charge in [-0.2, -0.15) is 5.10 Å². The molecule has 4 heterocycles. The van der Waals surface area contributed by atoms with Crippen LogP contribution < -0.4 is 5.69 Å². The van der Waals surface area contributed by atoms with Crippen molar-refractivity contribution in [2.24, 2.45) is 5.92 Å². The van der Waals surface area contributed by atoms with Crippen molar-refractivity contribution in [3.05, 3.63) is 70.4 Å². The number of likely N-dealkylation sites (tertiary alicyclic amines) is 1. The molecule has 1 N–H and O–H groups in total. The number of piperidine rings is 1. The lowest BCUT2D eigenvalue weighted by Crippen LogP contribution is -2.40. The Morgan fingerprint density at radius 1 is 1.13 bits per heavy atom. The van der Waals surface area contributed by atoms with Gasteiger partial charge in [0.05, 0.1) is 0 Å². The molecule has 7 nitrogen and oxygen atoms in total. The Balaban J connectivity index is 1.21. The van der Waals surface area contributed by atoms with E-state index in [0.717, 1.165) is 54.1 Å². The molecule has 1 saturated heterocycles. The number of rotatable bonds is 5. The van der Waals surface area contributed by atoms with Crippen LogP contribution in [0.3, 0.4) is 0 Å². The Morgan fingerprint density at radius 3 is 2.77 bits per heavy atom. The Labute approximate surface area is 177 Å². The summed E-state index contributed by atoms with van der Waals surface area (Å²) in [6.07, 6.45) is 4.56. The van der Waals surface area contributed by atoms with Gasteiger partial charge in [0, 0.05) is 31.2 Å². The molecule has 3 aromatic heterocycles. The SMILES string of the molecule is O=C(Cn1ccc2ccccc21)N1CCC(Cc2n[nH]c(=O)n2-c2cccs2)CC1. The van der Waals surface area contributed by atoms with Crippen molar-refractivity contribution in [3.63, 3.8) is 0 Å². The summed E-state index contributed by atoms with van der Waals surface area (Å²) in [5.41, 5.74) is 0.893. The maximum atomic E-state index is 12.8. The van der Waals surface area contributed by atoms with Crippen molar-refractivity contribution in [2.45, 2.75) is 25.8 Å². The van der Waals surface area contributed by atoms with Gasteiger partial charge in [-0.25, -0.2) is 14.5 Å². The van der Waals surface area contributed by atoms with E-state index in [1.807, 2.05) is 57.4 Å². The fourth-order valence-electron chi connectivity index (χ4n) is 4.26. The largest absolute Gasteiger partial charge is 0.348 e. The third-order valence-electron chi connectivity index (χ3n) is 5.89. The molecular weight excluding hydrogens is 398 g/mol. The number of nitrogens with zero attached hydrogens (tertiary/aromatic N) is 4. The highest BCUT2D eigenvalue weighted by Crippen LogP contribution is 2.23. The highest BCUT2D eigenvalue weighted by Gasteiger charge is 2.25. The minimum absolute atomic E-state index is 0.157. The van der Waals surface area contributed by atoms with Crippen LogP contribution >= 0.6 is 11.3 Å². The van der Waals surface area contributed by atoms with E-state index in [1.165, 1.54) is 11.3 Å². The normalized spacial score (nSPS) is 15.1. The van der Waals surface area contributed by atoms with Gasteiger partial charge in [0.15, 0.2) is 0 Å². The van der Waals surface area contributed by atoms with Crippen LogP contribution in [0.15, 0.2) is 58.8 Å². The first-order valence-electron chi connectivity index (χ1n) is 10.2. The quantitative estimate of drug-likeness (QED) is 0.538. The average Bonchev–Trinajstić information content (AvgIpc) is 3.50. The number of thiophene rings is 1. The Bertz CT molecular complexity index is 1210. The summed E-state index contributed by atoms with van der Waals surface area (Å²) < 4.78 is 3.69. The molecule has 4 aromatic rings. The van der Waals surface area contributed by atoms with Gasteiger partial charge < -0.3 is 9.47 Å². The van der Waals surface area contributed by atoms with E-state index < -0.39 is 0 Å². The van der Waals surface area contributed by atoms with Gasteiger partial charge in [0.1, 0.15) is 17.4 Å². The summed E-state index contributed by atoms with van der Waals surface area (Å²) in [7, 11) is 0. The van der Waals surface area contributed by atoms with Gasteiger partial charge in [-0.1, -0.05) is 18.2 Å². The number of carbonyl (C=O) groups excluding carboxylic acids is 1. The van der Waals surface area contributed by atoms with Crippen LogP contribution in [-0.2, 0) is 17.8 Å². The van der Waals surface area contributed by atoms with E-state index >= 15 is 0 Å². The van der Waals surface area contributed by atoms with Gasteiger partial charge in [-0.3, -0.25) is 4.79 Å². The Morgan fingerprint density at radius 2 is 1.97 bits per heavy atom. The van der Waals surface area contributed by atoms with E-state index in [-0.39, 0.29) is 11.6 Å². The lowest BCUT2D eigenvalue weighted by Gasteiger charge is -2.32. The van der Waals surface area contributed by atoms with Crippen LogP contribution in [-0.4, -0.2) is 43.2 Å². The second-order valence-electron chi connectivity index (χ2n) is 7.76. The van der Waals surface area contributed by atoms with Gasteiger partial charge in [-0.15, -0.1) is 11.3 Å². The predicted molar refractivity (Wildman–Crippen MR) is 117 cm³/mol. The van der Waals surface area contributed by atoms with Crippen molar-refractivity contribution in [1.82, 2.24) is 24.2 Å². The summed E-state index contributed by atoms with van der Waals surface area (Å²) in [6.45, 7) is 1.86. The summed E-state index contributed by atoms with van der Waals surface area (Å²) in [5.74, 6) is 1.34. The predicted octanol–water partition coefficient (Wildman–Crippen LogP) is 3.06. The van der Waals surface area contributed by atoms with Crippen molar-refractivity contribution >= 4 is 28.1 Å². The zero-order valence-electron chi connectivity index (χ0n) is 16.5. The number of H-pyrrole nitrogens is 1. The highest BCUT2D eigenvalue weighted by atomic mass is 32.1. The first kappa shape index (κ1) is 18.9. The molecule has 1 aromatic carbocycles. The van der Waals surface area contributed by atoms with E-state index in [4.69, 9.17) is 0 Å². The van der Waals surface area contributed by atoms with Gasteiger partial charge in [-0.05, 0) is 53.8 Å². The van der Waals surface area contributed by atoms with Gasteiger partial charge in [0.25, 0.3) is 0 Å². The van der Waals surface area contributed by atoms with Crippen LogP contribution in [0.2, 0.25) is 0 Å². The first-order valence-corrected chi connectivity index (χ1v) is 11.1. The second-order valence-corrected chi connectivity index (χ2v) is 8.69. The fraction of sp³-hybridized carbons (Fsp3) is 0.318. The van der Waals surface area contributed by atoms with E-state index in [1.54, 1.807) is 4.57 Å². The molecule has 0 saturated carbocycles. The van der Waals surface area contributed by atoms with Crippen LogP contribution in [0.5, 0.6) is 0 Å². The monoisotopic (exact) mass is 421 g/mol. The summed E-state index contributed by atoms with van der Waals surface area (Å²) >= 11 is 1.53. The fourth-order valence-corrected chi connectivity index (χ4v) is 5.01. The number of nitrogens with one attached hydrogen (secondary N) is 1. The van der Waals surface area contributed by atoms with E-state index in [2.05, 4.69) is 16.3 Å². The van der Waals surface area contributed by atoms with Crippen molar-refractivity contribution < 1.29 is 4.79 Å². The van der Waals surface area contributed by atoms with Crippen LogP contribution in [0, 0.1) is 5.92 Å². The summed E-state index contributed by atoms with van der Waals surface area (Å²) in [6, 6.07) is 14.0. The molecule has 0 unspecified atom stereocenters. The van der Waals surface area contributed by atoms with Crippen molar-refractivity contribution in [2.75, 3.05) is 13.1 Å². The minimum Gasteiger partial charge on any atom is -0.341 e. The molecule has 1 amide bonds. The molecule has 30 heavy (non-hydrogen) atoms. The molecule has 1 fully saturated rings. The van der Waals surface area contributed by atoms with Crippen molar-refractivity contribution in [1.29, 1.82) is 0 Å². The third-order valence-corrected chi connectivity index (χ3v) is 6.75. The minimum atomic E-state index is -0.195. The number of para-hydroxylation sites is 1. The molecule has 154 valence electrons. The zero-order valence-corrected chi connectivity index (χ0v) is 17.3. The summed E-state index contributed by atoms with van der Waals surface area (Å²) in [5, 5.41) is 10.8. The molecule has 1 aliphatic rings. The van der Waals surface area contributed by atoms with E-state index in [0.29, 0.717) is 12.5 Å². The number of fused-ring (bicyclic) bond motifs is 1. The number of aromatic amines is 1. The molecule has 8 heteroatoms. The van der Waals surface area contributed by atoms with Crippen molar-refractivity contribution in [3.8, 4) is 5.00 Å². The van der Waals surface area contributed by atoms with Crippen LogP contribution in [0.4, 0.5) is 0 Å². The molecule has 0 radical (unpaired) electrons. The molecule has 0 aliphatic carbocycles. The molecule has 5 rings (SSSR count). The van der Waals surface area contributed by atoms with Crippen LogP contribution in [0.1, 0.15) is 18.7 Å². The van der Waals surface area contributed by atoms with E-state index in [9.17, 15) is 9.59 Å². The maximum Gasteiger partial charge on any atom is 0.348 e. The maximum absolute atomic E-state index is 12.8.